The molecule has 2 heteroatoms. The normalized spacial score (nSPS) is 19.6. The van der Waals surface area contributed by atoms with Gasteiger partial charge in [-0.05, 0) is 56.3 Å². The van der Waals surface area contributed by atoms with Crippen LogP contribution in [0.4, 0.5) is 4.39 Å². The summed E-state index contributed by atoms with van der Waals surface area (Å²) in [6, 6.07) is 3.85. The van der Waals surface area contributed by atoms with Crippen LogP contribution in [-0.2, 0) is 0 Å². The lowest BCUT2D eigenvalue weighted by molar-refractivity contribution is 0.375. The van der Waals surface area contributed by atoms with Crippen LogP contribution in [0.15, 0.2) is 12.1 Å². The molecule has 1 aliphatic carbocycles. The van der Waals surface area contributed by atoms with Crippen molar-refractivity contribution in [3.63, 3.8) is 0 Å². The molecule has 1 unspecified atom stereocenters. The predicted octanol–water partition coefficient (Wildman–Crippen LogP) is 3.50. The van der Waals surface area contributed by atoms with Crippen LogP contribution in [0.3, 0.4) is 0 Å². The zero-order chi connectivity index (χ0) is 11.9. The molecule has 1 N–H and O–H groups in total. The fraction of sp³-hybridized carbons (Fsp3) is 0.571. The van der Waals surface area contributed by atoms with Gasteiger partial charge in [0.1, 0.15) is 5.82 Å². The Bertz CT molecular complexity index is 384. The zero-order valence-electron chi connectivity index (χ0n) is 10.5. The Morgan fingerprint density at radius 2 is 1.94 bits per heavy atom. The van der Waals surface area contributed by atoms with Crippen LogP contribution < -0.4 is 5.32 Å². The Hall–Kier alpha value is -0.890. The van der Waals surface area contributed by atoms with E-state index in [1.807, 2.05) is 20.9 Å². The molecule has 1 saturated carbocycles. The van der Waals surface area contributed by atoms with E-state index in [-0.39, 0.29) is 17.3 Å². The Morgan fingerprint density at radius 1 is 1.31 bits per heavy atom. The summed E-state index contributed by atoms with van der Waals surface area (Å²) in [6.45, 7) is 6.17. The van der Waals surface area contributed by atoms with Crippen molar-refractivity contribution in [1.29, 1.82) is 0 Å². The lowest BCUT2D eigenvalue weighted by Crippen LogP contribution is -2.26. The fourth-order valence-electron chi connectivity index (χ4n) is 2.62. The van der Waals surface area contributed by atoms with Crippen LogP contribution in [0.2, 0.25) is 0 Å². The first kappa shape index (κ1) is 11.6. The van der Waals surface area contributed by atoms with Crippen molar-refractivity contribution in [2.45, 2.75) is 39.7 Å². The number of hydrogen-bond donors (Lipinski definition) is 1. The average Bonchev–Trinajstić information content (AvgIpc) is 2.90. The Balaban J connectivity index is 2.46. The predicted molar refractivity (Wildman–Crippen MR) is 65.0 cm³/mol. The van der Waals surface area contributed by atoms with Crippen molar-refractivity contribution < 1.29 is 4.39 Å². The molecule has 0 saturated heterocycles. The Morgan fingerprint density at radius 3 is 2.38 bits per heavy atom. The highest BCUT2D eigenvalue weighted by Gasteiger charge is 2.46. The summed E-state index contributed by atoms with van der Waals surface area (Å²) in [4.78, 5) is 0. The molecule has 2 rings (SSSR count). The average molecular weight is 221 g/mol. The van der Waals surface area contributed by atoms with Crippen molar-refractivity contribution in [2.75, 3.05) is 7.05 Å². The number of aryl methyl sites for hydroxylation is 2. The summed E-state index contributed by atoms with van der Waals surface area (Å²) in [5.74, 6) is -0.0648. The first-order chi connectivity index (χ1) is 7.48. The number of nitrogens with one attached hydrogen (secondary N) is 1. The van der Waals surface area contributed by atoms with E-state index in [9.17, 15) is 4.39 Å². The summed E-state index contributed by atoms with van der Waals surface area (Å²) in [5.41, 5.74) is 3.16. The summed E-state index contributed by atoms with van der Waals surface area (Å²) < 4.78 is 14.1. The minimum Gasteiger partial charge on any atom is -0.312 e. The van der Waals surface area contributed by atoms with Gasteiger partial charge >= 0.3 is 0 Å². The third-order valence-corrected chi connectivity index (χ3v) is 3.79. The molecule has 16 heavy (non-hydrogen) atoms. The molecule has 0 aromatic heterocycles. The maximum Gasteiger partial charge on any atom is 0.128 e. The molecule has 1 aliphatic rings. The van der Waals surface area contributed by atoms with Gasteiger partial charge in [-0.15, -0.1) is 0 Å². The maximum absolute atomic E-state index is 14.1. The van der Waals surface area contributed by atoms with E-state index in [0.29, 0.717) is 0 Å². The van der Waals surface area contributed by atoms with Gasteiger partial charge in [0.05, 0.1) is 0 Å². The van der Waals surface area contributed by atoms with Crippen molar-refractivity contribution >= 4 is 0 Å². The SMILES string of the molecule is CNC(c1c(C)cc(C)cc1F)C1(C)CC1. The van der Waals surface area contributed by atoms with Crippen LogP contribution in [0.25, 0.3) is 0 Å². The van der Waals surface area contributed by atoms with Crippen LogP contribution in [0.1, 0.15) is 42.5 Å². The van der Waals surface area contributed by atoms with Crippen LogP contribution in [0, 0.1) is 25.1 Å². The van der Waals surface area contributed by atoms with Gasteiger partial charge in [0.25, 0.3) is 0 Å². The summed E-state index contributed by atoms with van der Waals surface area (Å²) in [6.07, 6.45) is 2.37. The van der Waals surface area contributed by atoms with Crippen molar-refractivity contribution in [1.82, 2.24) is 5.32 Å². The molecule has 0 aliphatic heterocycles. The monoisotopic (exact) mass is 221 g/mol. The topological polar surface area (TPSA) is 12.0 Å². The quantitative estimate of drug-likeness (QED) is 0.823. The van der Waals surface area contributed by atoms with E-state index in [1.54, 1.807) is 6.07 Å². The van der Waals surface area contributed by atoms with E-state index >= 15 is 0 Å². The smallest absolute Gasteiger partial charge is 0.128 e. The molecule has 1 atom stereocenters. The van der Waals surface area contributed by atoms with Gasteiger partial charge in [-0.25, -0.2) is 4.39 Å². The van der Waals surface area contributed by atoms with Crippen LogP contribution in [0.5, 0.6) is 0 Å². The van der Waals surface area contributed by atoms with Gasteiger partial charge in [0, 0.05) is 11.6 Å². The van der Waals surface area contributed by atoms with Crippen molar-refractivity contribution in [3.8, 4) is 0 Å². The molecular formula is C14H20FN. The summed E-state index contributed by atoms with van der Waals surface area (Å²) in [7, 11) is 1.92. The van der Waals surface area contributed by atoms with Crippen LogP contribution >= 0.6 is 0 Å². The third-order valence-electron chi connectivity index (χ3n) is 3.79. The van der Waals surface area contributed by atoms with E-state index in [0.717, 1.165) is 16.7 Å². The molecule has 88 valence electrons. The highest BCUT2D eigenvalue weighted by Crippen LogP contribution is 2.55. The van der Waals surface area contributed by atoms with E-state index in [2.05, 4.69) is 18.3 Å². The number of halogens is 1. The maximum atomic E-state index is 14.1. The molecule has 0 spiro atoms. The molecule has 1 fully saturated rings. The fourth-order valence-corrected chi connectivity index (χ4v) is 2.62. The van der Waals surface area contributed by atoms with Crippen molar-refractivity contribution in [2.24, 2.45) is 5.41 Å². The molecule has 0 radical (unpaired) electrons. The Labute approximate surface area is 97.1 Å². The summed E-state index contributed by atoms with van der Waals surface area (Å²) >= 11 is 0. The number of hydrogen-bond acceptors (Lipinski definition) is 1. The molecule has 1 aromatic carbocycles. The molecular weight excluding hydrogens is 201 g/mol. The van der Waals surface area contributed by atoms with Gasteiger partial charge in [-0.1, -0.05) is 13.0 Å². The van der Waals surface area contributed by atoms with Gasteiger partial charge < -0.3 is 5.32 Å². The number of rotatable bonds is 3. The second-order valence-corrected chi connectivity index (χ2v) is 5.35. The molecule has 1 nitrogen and oxygen atoms in total. The number of benzene rings is 1. The third kappa shape index (κ3) is 1.86. The highest BCUT2D eigenvalue weighted by atomic mass is 19.1. The van der Waals surface area contributed by atoms with Gasteiger partial charge in [0.15, 0.2) is 0 Å². The lowest BCUT2D eigenvalue weighted by Gasteiger charge is -2.26. The minimum absolute atomic E-state index is 0.0648. The molecule has 0 heterocycles. The van der Waals surface area contributed by atoms with Crippen LogP contribution in [-0.4, -0.2) is 7.05 Å². The summed E-state index contributed by atoms with van der Waals surface area (Å²) in [5, 5.41) is 3.28. The first-order valence-electron chi connectivity index (χ1n) is 5.92. The zero-order valence-corrected chi connectivity index (χ0v) is 10.5. The van der Waals surface area contributed by atoms with Crippen molar-refractivity contribution in [3.05, 3.63) is 34.6 Å². The lowest BCUT2D eigenvalue weighted by atomic mass is 9.88. The first-order valence-corrected chi connectivity index (χ1v) is 5.92. The van der Waals surface area contributed by atoms with Gasteiger partial charge in [0.2, 0.25) is 0 Å². The van der Waals surface area contributed by atoms with Gasteiger partial charge in [-0.3, -0.25) is 0 Å². The molecule has 0 amide bonds. The minimum atomic E-state index is -0.0648. The van der Waals surface area contributed by atoms with E-state index in [1.165, 1.54) is 12.8 Å². The highest BCUT2D eigenvalue weighted by molar-refractivity contribution is 5.36. The molecule has 0 bridgehead atoms. The van der Waals surface area contributed by atoms with E-state index in [4.69, 9.17) is 0 Å². The standard InChI is InChI=1S/C14H20FN/c1-9-7-10(2)12(11(15)8-9)13(16-4)14(3)5-6-14/h7-8,13,16H,5-6H2,1-4H3. The Kier molecular flexibility index (Phi) is 2.79. The largest absolute Gasteiger partial charge is 0.312 e. The second-order valence-electron chi connectivity index (χ2n) is 5.35. The molecule has 1 aromatic rings. The van der Waals surface area contributed by atoms with Gasteiger partial charge in [-0.2, -0.15) is 0 Å². The van der Waals surface area contributed by atoms with E-state index < -0.39 is 0 Å². The second kappa shape index (κ2) is 3.85.